The van der Waals surface area contributed by atoms with Gasteiger partial charge in [-0.05, 0) is 129 Å². The minimum absolute atomic E-state index is 0.186. The fourth-order valence-electron chi connectivity index (χ4n) is 10.4. The summed E-state index contributed by atoms with van der Waals surface area (Å²) in [6.07, 6.45) is 16.2. The van der Waals surface area contributed by atoms with Crippen LogP contribution in [0.25, 0.3) is 4.25 Å². The molecule has 6 heteroatoms. The minimum Gasteiger partial charge on any atom is -0.391 e. The molecule has 0 amide bonds. The summed E-state index contributed by atoms with van der Waals surface area (Å²) in [5.41, 5.74) is 0.415. The van der Waals surface area contributed by atoms with Gasteiger partial charge in [0, 0.05) is 6.04 Å². The van der Waals surface area contributed by atoms with Gasteiger partial charge < -0.3 is 10.4 Å². The van der Waals surface area contributed by atoms with E-state index in [9.17, 15) is 13.5 Å². The van der Waals surface area contributed by atoms with Crippen LogP contribution >= 0.6 is 0 Å². The molecule has 4 aliphatic carbocycles. The number of sulfonamides is 1. The van der Waals surface area contributed by atoms with Gasteiger partial charge in [0.15, 0.2) is 0 Å². The molecule has 4 saturated carbocycles. The molecule has 0 aromatic carbocycles. The van der Waals surface area contributed by atoms with Gasteiger partial charge in [-0.2, -0.15) is 0 Å². The van der Waals surface area contributed by atoms with Crippen LogP contribution in [0.3, 0.4) is 0 Å². The summed E-state index contributed by atoms with van der Waals surface area (Å²) in [5.74, 6) is 7.26. The lowest BCUT2D eigenvalue weighted by atomic mass is 9.51. The Kier molecular flexibility index (Phi) is 8.60. The minimum atomic E-state index is -3.33. The van der Waals surface area contributed by atoms with E-state index in [4.69, 9.17) is 0 Å². The molecule has 5 fully saturated rings. The van der Waals surface area contributed by atoms with E-state index in [1.807, 2.05) is 0 Å². The lowest BCUT2D eigenvalue weighted by Crippen LogP contribution is -2.51. The smallest absolute Gasteiger partial charge is 0.391 e. The fourth-order valence-corrected chi connectivity index (χ4v) is 10.8. The molecule has 0 bridgehead atoms. The van der Waals surface area contributed by atoms with Crippen molar-refractivity contribution in [3.05, 3.63) is 4.25 Å². The van der Waals surface area contributed by atoms with Crippen LogP contribution in [0.1, 0.15) is 105 Å². The topological polar surface area (TPSA) is 70.8 Å². The maximum absolute atomic E-state index is 11.5. The van der Waals surface area contributed by atoms with E-state index >= 15 is 0 Å². The SMILES string of the molecule is CC1CC(CC[C@H](C)[C@@H]2NC[C@@H](C)C[C@H]2O)CC[C@H]2[C@@H]3CC[C@@H]4CC(C#[N+]S(C)(=O)=O)CC[C@]4(C)[C@H]3C[C@@H]12. The summed E-state index contributed by atoms with van der Waals surface area (Å²) >= 11 is 0. The standard InChI is InChI=1S/C32H55N2O3S/c1-20-14-30(35)31(33-18-20)21(2)6-7-23-8-10-26-27-11-9-25-16-24(19-34-38(5,36)37)12-13-32(25,4)29(27)17-28(26)22(3)15-23/h20-31,33,35H,6-18H2,1-5H3/q+1/t20-,21-,22?,23?,24?,25+,26-,27-,28-,29-,30+,31-,32-/m0/s1. The Morgan fingerprint density at radius 2 is 1.79 bits per heavy atom. The number of aliphatic hydroxyl groups excluding tert-OH is 1. The van der Waals surface area contributed by atoms with Crippen LogP contribution < -0.4 is 5.32 Å². The maximum Gasteiger partial charge on any atom is 0.476 e. The van der Waals surface area contributed by atoms with Crippen LogP contribution in [0.2, 0.25) is 0 Å². The number of aliphatic hydroxyl groups is 1. The number of piperidine rings is 1. The third-order valence-electron chi connectivity index (χ3n) is 12.5. The van der Waals surface area contributed by atoms with Gasteiger partial charge in [-0.1, -0.05) is 40.5 Å². The van der Waals surface area contributed by atoms with Crippen molar-refractivity contribution in [3.63, 3.8) is 0 Å². The molecule has 3 unspecified atom stereocenters. The first-order chi connectivity index (χ1) is 17.9. The van der Waals surface area contributed by atoms with Crippen molar-refractivity contribution in [1.29, 1.82) is 0 Å². The van der Waals surface area contributed by atoms with Crippen molar-refractivity contribution in [1.82, 2.24) is 5.32 Å². The highest BCUT2D eigenvalue weighted by atomic mass is 32.2. The normalized spacial score (nSPS) is 48.0. The summed E-state index contributed by atoms with van der Waals surface area (Å²) in [6, 6.07) is 3.28. The highest BCUT2D eigenvalue weighted by Crippen LogP contribution is 2.65. The third kappa shape index (κ3) is 6.01. The number of hydrogen-bond acceptors (Lipinski definition) is 4. The summed E-state index contributed by atoms with van der Waals surface area (Å²) < 4.78 is 26.8. The Morgan fingerprint density at radius 1 is 1.03 bits per heavy atom. The number of nitrogens with zero attached hydrogens (tertiary/aromatic N) is 1. The average molecular weight is 548 g/mol. The Labute approximate surface area is 233 Å². The monoisotopic (exact) mass is 547 g/mol. The molecule has 5 nitrogen and oxygen atoms in total. The van der Waals surface area contributed by atoms with Gasteiger partial charge in [0.25, 0.3) is 0 Å². The first kappa shape index (κ1) is 28.9. The summed E-state index contributed by atoms with van der Waals surface area (Å²) in [4.78, 5) is 0. The van der Waals surface area contributed by atoms with Crippen LogP contribution in [0.15, 0.2) is 0 Å². The predicted octanol–water partition coefficient (Wildman–Crippen LogP) is 6.58. The van der Waals surface area contributed by atoms with Gasteiger partial charge in [-0.15, -0.1) is 8.42 Å². The molecule has 5 rings (SSSR count). The van der Waals surface area contributed by atoms with Crippen molar-refractivity contribution in [2.75, 3.05) is 12.8 Å². The van der Waals surface area contributed by atoms with Crippen LogP contribution in [-0.2, 0) is 10.0 Å². The average Bonchev–Trinajstić information content (AvgIpc) is 3.16. The quantitative estimate of drug-likeness (QED) is 0.417. The van der Waals surface area contributed by atoms with E-state index in [1.165, 1.54) is 64.0 Å². The van der Waals surface area contributed by atoms with Crippen molar-refractivity contribution in [2.24, 2.45) is 64.6 Å². The van der Waals surface area contributed by atoms with Gasteiger partial charge in [-0.3, -0.25) is 0 Å². The number of nitrogens with one attached hydrogen (secondary N) is 1. The van der Waals surface area contributed by atoms with Crippen molar-refractivity contribution in [3.8, 4) is 6.07 Å². The molecule has 216 valence electrons. The molecule has 1 aliphatic heterocycles. The molecule has 38 heavy (non-hydrogen) atoms. The summed E-state index contributed by atoms with van der Waals surface area (Å²) in [6.45, 7) is 10.8. The van der Waals surface area contributed by atoms with E-state index in [0.717, 1.165) is 61.3 Å². The van der Waals surface area contributed by atoms with E-state index in [2.05, 4.69) is 43.3 Å². The zero-order valence-electron chi connectivity index (χ0n) is 24.7. The largest absolute Gasteiger partial charge is 0.476 e. The Balaban J connectivity index is 1.17. The molecular formula is C32H55N2O3S+. The van der Waals surface area contributed by atoms with E-state index in [0.29, 0.717) is 23.2 Å². The molecule has 0 aromatic heterocycles. The van der Waals surface area contributed by atoms with Gasteiger partial charge in [0.2, 0.25) is 0 Å². The summed E-state index contributed by atoms with van der Waals surface area (Å²) in [7, 11) is -3.33. The molecule has 5 aliphatic rings. The maximum atomic E-state index is 11.5. The highest BCUT2D eigenvalue weighted by Gasteiger charge is 2.58. The molecule has 1 saturated heterocycles. The zero-order chi connectivity index (χ0) is 27.2. The molecule has 2 N–H and O–H groups in total. The fraction of sp³-hybridized carbons (Fsp3) is 0.969. The van der Waals surface area contributed by atoms with E-state index in [-0.39, 0.29) is 18.1 Å². The van der Waals surface area contributed by atoms with Crippen LogP contribution in [0.5, 0.6) is 0 Å². The van der Waals surface area contributed by atoms with E-state index < -0.39 is 10.0 Å². The van der Waals surface area contributed by atoms with Gasteiger partial charge in [-0.25, -0.2) is 0 Å². The molecule has 1 heterocycles. The predicted molar refractivity (Wildman–Crippen MR) is 155 cm³/mol. The molecule has 0 spiro atoms. The lowest BCUT2D eigenvalue weighted by molar-refractivity contribution is -0.0390. The second-order valence-corrected chi connectivity index (χ2v) is 16.7. The summed E-state index contributed by atoms with van der Waals surface area (Å²) in [5, 5.41) is 14.3. The van der Waals surface area contributed by atoms with Crippen LogP contribution in [-0.4, -0.2) is 38.5 Å². The van der Waals surface area contributed by atoms with Gasteiger partial charge in [0.05, 0.1) is 16.3 Å². The van der Waals surface area contributed by atoms with Crippen molar-refractivity contribution in [2.45, 2.75) is 117 Å². The Morgan fingerprint density at radius 3 is 2.53 bits per heavy atom. The van der Waals surface area contributed by atoms with Crippen molar-refractivity contribution < 1.29 is 13.5 Å². The molecule has 0 aromatic rings. The zero-order valence-corrected chi connectivity index (χ0v) is 25.6. The highest BCUT2D eigenvalue weighted by molar-refractivity contribution is 7.92. The van der Waals surface area contributed by atoms with Gasteiger partial charge in [0.1, 0.15) is 6.26 Å². The molecule has 0 radical (unpaired) electrons. The lowest BCUT2D eigenvalue weighted by Gasteiger charge is -2.53. The number of rotatable bonds is 4. The Hall–Kier alpha value is -0.640. The first-order valence-electron chi connectivity index (χ1n) is 16.0. The van der Waals surface area contributed by atoms with Crippen LogP contribution in [0, 0.1) is 70.7 Å². The first-order valence-corrected chi connectivity index (χ1v) is 17.9. The van der Waals surface area contributed by atoms with Crippen LogP contribution in [0.4, 0.5) is 0 Å². The number of fused-ring (bicyclic) bond motifs is 5. The second kappa shape index (κ2) is 11.3. The Bertz CT molecular complexity index is 1000. The van der Waals surface area contributed by atoms with Gasteiger partial charge >= 0.3 is 16.1 Å². The number of hydrogen-bond donors (Lipinski definition) is 2. The van der Waals surface area contributed by atoms with E-state index in [1.54, 1.807) is 0 Å². The van der Waals surface area contributed by atoms with Crippen molar-refractivity contribution >= 4 is 10.0 Å². The third-order valence-corrected chi connectivity index (χ3v) is 13.0. The second-order valence-electron chi connectivity index (χ2n) is 15.1. The molecule has 13 atom stereocenters. The molecular weight excluding hydrogens is 492 g/mol.